The molecule has 0 aliphatic heterocycles. The fourth-order valence-corrected chi connectivity index (χ4v) is 1.87. The zero-order chi connectivity index (χ0) is 14.5. The molecule has 1 aliphatic carbocycles. The largest absolute Gasteiger partial charge is 0.474 e. The first kappa shape index (κ1) is 14.8. The first-order valence-corrected chi connectivity index (χ1v) is 7.14. The summed E-state index contributed by atoms with van der Waals surface area (Å²) in [4.78, 5) is 16.3. The second-order valence-corrected chi connectivity index (χ2v) is 5.48. The second kappa shape index (κ2) is 6.70. The number of aromatic nitrogens is 1. The Balaban J connectivity index is 1.96. The van der Waals surface area contributed by atoms with Crippen molar-refractivity contribution in [3.63, 3.8) is 0 Å². The van der Waals surface area contributed by atoms with Gasteiger partial charge in [0.1, 0.15) is 6.10 Å². The van der Waals surface area contributed by atoms with Gasteiger partial charge in [0, 0.05) is 30.5 Å². The van der Waals surface area contributed by atoms with E-state index < -0.39 is 0 Å². The molecular formula is C15H22N2O3. The van der Waals surface area contributed by atoms with E-state index in [0.717, 1.165) is 12.8 Å². The Kier molecular flexibility index (Phi) is 4.95. The maximum absolute atomic E-state index is 12.1. The molecule has 0 radical (unpaired) electrons. The van der Waals surface area contributed by atoms with Crippen LogP contribution in [0, 0.1) is 5.92 Å². The van der Waals surface area contributed by atoms with Crippen LogP contribution in [0.15, 0.2) is 18.3 Å². The van der Waals surface area contributed by atoms with Gasteiger partial charge >= 0.3 is 0 Å². The van der Waals surface area contributed by atoms with Gasteiger partial charge in [-0.25, -0.2) is 4.98 Å². The minimum absolute atomic E-state index is 0.0199. The summed E-state index contributed by atoms with van der Waals surface area (Å²) < 4.78 is 5.68. The van der Waals surface area contributed by atoms with Crippen LogP contribution in [-0.2, 0) is 0 Å². The highest BCUT2D eigenvalue weighted by Gasteiger charge is 2.20. The standard InChI is InChI=1S/C15H22N2O3/c1-10(9-18)11(2)17-15(19)12-6-7-16-14(8-12)20-13-4-3-5-13/h6-8,10-11,13,18H,3-5,9H2,1-2H3,(H,17,19). The van der Waals surface area contributed by atoms with Gasteiger partial charge in [-0.15, -0.1) is 0 Å². The molecule has 2 unspecified atom stereocenters. The Labute approximate surface area is 119 Å². The van der Waals surface area contributed by atoms with Crippen LogP contribution in [0.5, 0.6) is 5.88 Å². The lowest BCUT2D eigenvalue weighted by Gasteiger charge is -2.25. The van der Waals surface area contributed by atoms with Crippen LogP contribution in [0.4, 0.5) is 0 Å². The summed E-state index contributed by atoms with van der Waals surface area (Å²) in [6, 6.07) is 3.25. The minimum atomic E-state index is -0.168. The number of amides is 1. The fourth-order valence-electron chi connectivity index (χ4n) is 1.87. The number of carbonyl (C=O) groups is 1. The van der Waals surface area contributed by atoms with E-state index in [1.54, 1.807) is 18.3 Å². The van der Waals surface area contributed by atoms with Crippen molar-refractivity contribution in [3.05, 3.63) is 23.9 Å². The zero-order valence-electron chi connectivity index (χ0n) is 12.0. The van der Waals surface area contributed by atoms with Crippen molar-refractivity contribution in [2.45, 2.75) is 45.3 Å². The van der Waals surface area contributed by atoms with Gasteiger partial charge in [0.05, 0.1) is 0 Å². The lowest BCUT2D eigenvalue weighted by molar-refractivity contribution is 0.0912. The minimum Gasteiger partial charge on any atom is -0.474 e. The molecule has 0 saturated heterocycles. The van der Waals surface area contributed by atoms with Crippen molar-refractivity contribution in [3.8, 4) is 5.88 Å². The van der Waals surface area contributed by atoms with Gasteiger partial charge < -0.3 is 15.2 Å². The molecule has 1 saturated carbocycles. The zero-order valence-corrected chi connectivity index (χ0v) is 12.0. The first-order valence-electron chi connectivity index (χ1n) is 7.14. The lowest BCUT2D eigenvalue weighted by atomic mass is 9.96. The van der Waals surface area contributed by atoms with Crippen molar-refractivity contribution in [1.82, 2.24) is 10.3 Å². The van der Waals surface area contributed by atoms with Crippen molar-refractivity contribution >= 4 is 5.91 Å². The van der Waals surface area contributed by atoms with Gasteiger partial charge in [0.25, 0.3) is 5.91 Å². The van der Waals surface area contributed by atoms with E-state index in [1.807, 2.05) is 13.8 Å². The lowest BCUT2D eigenvalue weighted by Crippen LogP contribution is -2.38. The Morgan fingerprint density at radius 2 is 2.30 bits per heavy atom. The predicted octanol–water partition coefficient (Wildman–Crippen LogP) is 1.76. The molecule has 0 bridgehead atoms. The van der Waals surface area contributed by atoms with Gasteiger partial charge in [-0.1, -0.05) is 6.92 Å². The van der Waals surface area contributed by atoms with Crippen LogP contribution in [0.1, 0.15) is 43.5 Å². The molecule has 1 aromatic rings. The highest BCUT2D eigenvalue weighted by Crippen LogP contribution is 2.24. The van der Waals surface area contributed by atoms with E-state index in [-0.39, 0.29) is 30.6 Å². The molecule has 1 amide bonds. The van der Waals surface area contributed by atoms with Crippen molar-refractivity contribution in [1.29, 1.82) is 0 Å². The molecule has 1 aromatic heterocycles. The number of pyridine rings is 1. The maximum Gasteiger partial charge on any atom is 0.251 e. The molecule has 5 heteroatoms. The number of aliphatic hydroxyl groups excluding tert-OH is 1. The molecule has 2 atom stereocenters. The number of nitrogens with zero attached hydrogens (tertiary/aromatic N) is 1. The third-order valence-electron chi connectivity index (χ3n) is 3.84. The number of rotatable bonds is 6. The molecule has 5 nitrogen and oxygen atoms in total. The van der Waals surface area contributed by atoms with Crippen LogP contribution in [0.25, 0.3) is 0 Å². The normalized spacial score (nSPS) is 17.9. The van der Waals surface area contributed by atoms with Crippen molar-refractivity contribution < 1.29 is 14.6 Å². The monoisotopic (exact) mass is 278 g/mol. The first-order chi connectivity index (χ1) is 9.60. The summed E-state index contributed by atoms with van der Waals surface area (Å²) in [5, 5.41) is 12.0. The number of nitrogens with one attached hydrogen (secondary N) is 1. The summed E-state index contributed by atoms with van der Waals surface area (Å²) in [6.07, 6.45) is 5.14. The third kappa shape index (κ3) is 3.70. The van der Waals surface area contributed by atoms with E-state index >= 15 is 0 Å². The highest BCUT2D eigenvalue weighted by molar-refractivity contribution is 5.94. The van der Waals surface area contributed by atoms with Crippen molar-refractivity contribution in [2.75, 3.05) is 6.61 Å². The second-order valence-electron chi connectivity index (χ2n) is 5.48. The summed E-state index contributed by atoms with van der Waals surface area (Å²) in [5.74, 6) is 0.357. The molecule has 0 aromatic carbocycles. The van der Waals surface area contributed by atoms with Crippen LogP contribution in [0.2, 0.25) is 0 Å². The highest BCUT2D eigenvalue weighted by atomic mass is 16.5. The SMILES string of the molecule is CC(CO)C(C)NC(=O)c1ccnc(OC2CCC2)c1. The van der Waals surface area contributed by atoms with E-state index in [4.69, 9.17) is 9.84 Å². The molecular weight excluding hydrogens is 256 g/mol. The van der Waals surface area contributed by atoms with Gasteiger partial charge in [0.15, 0.2) is 0 Å². The smallest absolute Gasteiger partial charge is 0.251 e. The van der Waals surface area contributed by atoms with Gasteiger partial charge in [0.2, 0.25) is 5.88 Å². The molecule has 110 valence electrons. The van der Waals surface area contributed by atoms with Crippen LogP contribution in [0.3, 0.4) is 0 Å². The average Bonchev–Trinajstić information content (AvgIpc) is 2.42. The summed E-state index contributed by atoms with van der Waals surface area (Å²) in [6.45, 7) is 3.82. The molecule has 0 spiro atoms. The Morgan fingerprint density at radius 1 is 1.55 bits per heavy atom. The Hall–Kier alpha value is -1.62. The molecule has 2 N–H and O–H groups in total. The van der Waals surface area contributed by atoms with Crippen molar-refractivity contribution in [2.24, 2.45) is 5.92 Å². The van der Waals surface area contributed by atoms with Crippen LogP contribution in [-0.4, -0.2) is 34.8 Å². The van der Waals surface area contributed by atoms with E-state index in [9.17, 15) is 4.79 Å². The molecule has 20 heavy (non-hydrogen) atoms. The number of aliphatic hydroxyl groups is 1. The van der Waals surface area contributed by atoms with Gasteiger partial charge in [-0.05, 0) is 38.2 Å². The molecule has 2 rings (SSSR count). The topological polar surface area (TPSA) is 71.5 Å². The van der Waals surface area contributed by atoms with E-state index in [2.05, 4.69) is 10.3 Å². The van der Waals surface area contributed by atoms with Crippen LogP contribution >= 0.6 is 0 Å². The third-order valence-corrected chi connectivity index (χ3v) is 3.84. The summed E-state index contributed by atoms with van der Waals surface area (Å²) in [7, 11) is 0. The van der Waals surface area contributed by atoms with E-state index in [0.29, 0.717) is 11.4 Å². The van der Waals surface area contributed by atoms with Gasteiger partial charge in [-0.2, -0.15) is 0 Å². The number of ether oxygens (including phenoxy) is 1. The average molecular weight is 278 g/mol. The molecule has 1 aliphatic rings. The van der Waals surface area contributed by atoms with Crippen LogP contribution < -0.4 is 10.1 Å². The predicted molar refractivity (Wildman–Crippen MR) is 75.7 cm³/mol. The van der Waals surface area contributed by atoms with Gasteiger partial charge in [-0.3, -0.25) is 4.79 Å². The molecule has 1 fully saturated rings. The summed E-state index contributed by atoms with van der Waals surface area (Å²) in [5.41, 5.74) is 0.534. The Bertz CT molecular complexity index is 460. The summed E-state index contributed by atoms with van der Waals surface area (Å²) >= 11 is 0. The van der Waals surface area contributed by atoms with E-state index in [1.165, 1.54) is 6.42 Å². The number of hydrogen-bond acceptors (Lipinski definition) is 4. The quantitative estimate of drug-likeness (QED) is 0.831. The number of carbonyl (C=O) groups excluding carboxylic acids is 1. The molecule has 1 heterocycles. The maximum atomic E-state index is 12.1. The number of hydrogen-bond donors (Lipinski definition) is 2. The Morgan fingerprint density at radius 3 is 2.90 bits per heavy atom. The fraction of sp³-hybridized carbons (Fsp3) is 0.600.